The van der Waals surface area contributed by atoms with Crippen molar-refractivity contribution in [1.29, 1.82) is 0 Å². The number of rotatable bonds is 6. The number of aliphatic carboxylic acids is 1. The van der Waals surface area contributed by atoms with Gasteiger partial charge < -0.3 is 25.1 Å². The highest BCUT2D eigenvalue weighted by atomic mass is 19.1. The van der Waals surface area contributed by atoms with Gasteiger partial charge in [0, 0.05) is 18.1 Å². The zero-order valence-corrected chi connectivity index (χ0v) is 10.9. The maximum Gasteiger partial charge on any atom is 0.320 e. The Labute approximate surface area is 109 Å². The van der Waals surface area contributed by atoms with Gasteiger partial charge in [0.1, 0.15) is 6.04 Å². The number of carboxylic acid groups (broad SMARTS) is 1. The minimum Gasteiger partial charge on any atom is -0.494 e. The van der Waals surface area contributed by atoms with Crippen molar-refractivity contribution in [3.8, 4) is 17.2 Å². The number of nitrogens with two attached hydrogens (primary N) is 1. The van der Waals surface area contributed by atoms with E-state index in [4.69, 9.17) is 25.1 Å². The maximum atomic E-state index is 14.2. The Morgan fingerprint density at radius 2 is 1.89 bits per heavy atom. The molecule has 1 rings (SSSR count). The second kappa shape index (κ2) is 6.24. The van der Waals surface area contributed by atoms with Crippen LogP contribution < -0.4 is 19.9 Å². The molecule has 7 heteroatoms. The highest BCUT2D eigenvalue weighted by Crippen LogP contribution is 2.38. The number of carbonyl (C=O) groups is 1. The van der Waals surface area contributed by atoms with E-state index in [1.54, 1.807) is 0 Å². The summed E-state index contributed by atoms with van der Waals surface area (Å²) in [6, 6.07) is 0.0736. The lowest BCUT2D eigenvalue weighted by Crippen LogP contribution is -2.32. The Morgan fingerprint density at radius 1 is 1.32 bits per heavy atom. The molecule has 0 radical (unpaired) electrons. The first-order valence-electron chi connectivity index (χ1n) is 5.41. The topological polar surface area (TPSA) is 91.0 Å². The van der Waals surface area contributed by atoms with Gasteiger partial charge in [-0.3, -0.25) is 4.79 Å². The van der Waals surface area contributed by atoms with Crippen molar-refractivity contribution < 1.29 is 28.5 Å². The van der Waals surface area contributed by atoms with Crippen molar-refractivity contribution in [2.75, 3.05) is 21.3 Å². The molecule has 0 saturated heterocycles. The summed E-state index contributed by atoms with van der Waals surface area (Å²) in [5, 5.41) is 8.80. The summed E-state index contributed by atoms with van der Waals surface area (Å²) in [6.45, 7) is 0. The van der Waals surface area contributed by atoms with Crippen LogP contribution in [0.5, 0.6) is 17.2 Å². The Hall–Kier alpha value is -2.02. The molecule has 19 heavy (non-hydrogen) atoms. The average molecular weight is 273 g/mol. The fourth-order valence-electron chi connectivity index (χ4n) is 1.66. The summed E-state index contributed by atoms with van der Waals surface area (Å²) in [5.74, 6) is -1.66. The molecule has 1 aromatic carbocycles. The number of benzene rings is 1. The van der Waals surface area contributed by atoms with Gasteiger partial charge in [-0.1, -0.05) is 0 Å². The van der Waals surface area contributed by atoms with E-state index in [-0.39, 0.29) is 29.2 Å². The van der Waals surface area contributed by atoms with E-state index in [2.05, 4.69) is 0 Å². The Kier molecular flexibility index (Phi) is 4.94. The van der Waals surface area contributed by atoms with Crippen molar-refractivity contribution in [2.45, 2.75) is 12.5 Å². The lowest BCUT2D eigenvalue weighted by atomic mass is 10.0. The van der Waals surface area contributed by atoms with Crippen LogP contribution in [0, 0.1) is 5.82 Å². The molecule has 0 aromatic heterocycles. The van der Waals surface area contributed by atoms with Crippen LogP contribution in [0.25, 0.3) is 0 Å². The zero-order chi connectivity index (χ0) is 14.6. The van der Waals surface area contributed by atoms with Gasteiger partial charge in [0.05, 0.1) is 21.3 Å². The summed E-state index contributed by atoms with van der Waals surface area (Å²) < 4.78 is 29.1. The van der Waals surface area contributed by atoms with Crippen molar-refractivity contribution in [3.63, 3.8) is 0 Å². The van der Waals surface area contributed by atoms with E-state index in [0.29, 0.717) is 0 Å². The Morgan fingerprint density at radius 3 is 2.32 bits per heavy atom. The van der Waals surface area contributed by atoms with Crippen LogP contribution in [0.4, 0.5) is 4.39 Å². The number of hydrogen-bond donors (Lipinski definition) is 2. The van der Waals surface area contributed by atoms with E-state index in [0.717, 1.165) is 0 Å². The van der Waals surface area contributed by atoms with Gasteiger partial charge in [-0.05, 0) is 0 Å². The number of methoxy groups -OCH3 is 3. The van der Waals surface area contributed by atoms with Gasteiger partial charge in [0.25, 0.3) is 0 Å². The second-order valence-electron chi connectivity index (χ2n) is 3.76. The maximum absolute atomic E-state index is 14.2. The lowest BCUT2D eigenvalue weighted by molar-refractivity contribution is -0.138. The third-order valence-corrected chi connectivity index (χ3v) is 2.63. The van der Waals surface area contributed by atoms with E-state index < -0.39 is 17.8 Å². The molecular weight excluding hydrogens is 257 g/mol. The van der Waals surface area contributed by atoms with Crippen LogP contribution in [-0.4, -0.2) is 38.4 Å². The molecule has 106 valence electrons. The summed E-state index contributed by atoms with van der Waals surface area (Å²) in [5.41, 5.74) is 5.43. The molecule has 0 fully saturated rings. The molecule has 0 spiro atoms. The predicted molar refractivity (Wildman–Crippen MR) is 65.4 cm³/mol. The second-order valence-corrected chi connectivity index (χ2v) is 3.76. The highest BCUT2D eigenvalue weighted by molar-refractivity contribution is 5.74. The summed E-state index contributed by atoms with van der Waals surface area (Å²) in [7, 11) is 4.01. The quantitative estimate of drug-likeness (QED) is 0.797. The Bertz CT molecular complexity index is 478. The van der Waals surface area contributed by atoms with Gasteiger partial charge in [-0.2, -0.15) is 0 Å². The molecule has 6 nitrogen and oxygen atoms in total. The van der Waals surface area contributed by atoms with E-state index >= 15 is 0 Å². The number of hydrogen-bond acceptors (Lipinski definition) is 5. The van der Waals surface area contributed by atoms with Crippen LogP contribution in [0.3, 0.4) is 0 Å². The first-order valence-corrected chi connectivity index (χ1v) is 5.41. The van der Waals surface area contributed by atoms with Gasteiger partial charge in [0.15, 0.2) is 23.1 Å². The van der Waals surface area contributed by atoms with Gasteiger partial charge >= 0.3 is 5.97 Å². The first kappa shape index (κ1) is 15.0. The minimum absolute atomic E-state index is 0.00796. The van der Waals surface area contributed by atoms with Crippen LogP contribution in [-0.2, 0) is 11.2 Å². The lowest BCUT2D eigenvalue weighted by Gasteiger charge is -2.17. The fraction of sp³-hybridized carbons (Fsp3) is 0.417. The van der Waals surface area contributed by atoms with Gasteiger partial charge in [-0.25, -0.2) is 4.39 Å². The zero-order valence-electron chi connectivity index (χ0n) is 10.9. The smallest absolute Gasteiger partial charge is 0.320 e. The van der Waals surface area contributed by atoms with Crippen LogP contribution in [0.15, 0.2) is 6.07 Å². The molecular formula is C12H16FNO5. The predicted octanol–water partition coefficient (Wildman–Crippen LogP) is 0.806. The van der Waals surface area contributed by atoms with E-state index in [1.165, 1.54) is 27.4 Å². The molecule has 1 aromatic rings. The molecule has 1 atom stereocenters. The largest absolute Gasteiger partial charge is 0.494 e. The molecule has 0 aliphatic carbocycles. The van der Waals surface area contributed by atoms with Crippen molar-refractivity contribution >= 4 is 5.97 Å². The van der Waals surface area contributed by atoms with Crippen LogP contribution in [0.1, 0.15) is 5.56 Å². The monoisotopic (exact) mass is 273 g/mol. The standard InChI is InChI=1S/C12H16FNO5/c1-17-8-5-9(18-2)11(19-3)6(10(8)13)4-7(14)12(15)16/h5,7H,4,14H2,1-3H3,(H,15,16). The van der Waals surface area contributed by atoms with E-state index in [9.17, 15) is 9.18 Å². The Balaban J connectivity index is 3.36. The minimum atomic E-state index is -1.25. The fourth-order valence-corrected chi connectivity index (χ4v) is 1.66. The molecule has 3 N–H and O–H groups in total. The normalized spacial score (nSPS) is 11.8. The average Bonchev–Trinajstić information content (AvgIpc) is 2.40. The number of carboxylic acids is 1. The van der Waals surface area contributed by atoms with Gasteiger partial charge in [-0.15, -0.1) is 0 Å². The highest BCUT2D eigenvalue weighted by Gasteiger charge is 2.24. The molecule has 0 amide bonds. The van der Waals surface area contributed by atoms with Crippen LogP contribution >= 0.6 is 0 Å². The first-order chi connectivity index (χ1) is 8.96. The molecule has 0 aliphatic rings. The van der Waals surface area contributed by atoms with Crippen LogP contribution in [0.2, 0.25) is 0 Å². The van der Waals surface area contributed by atoms with Crippen molar-refractivity contribution in [2.24, 2.45) is 5.73 Å². The third kappa shape index (κ3) is 3.05. The summed E-state index contributed by atoms with van der Waals surface area (Å²) in [6.07, 6.45) is -0.238. The van der Waals surface area contributed by atoms with E-state index in [1.807, 2.05) is 0 Å². The number of halogens is 1. The molecule has 0 aliphatic heterocycles. The SMILES string of the molecule is COc1cc(OC)c(OC)c(CC(N)C(=O)O)c1F. The van der Waals surface area contributed by atoms with Gasteiger partial charge in [0.2, 0.25) is 0 Å². The number of ether oxygens (including phenoxy) is 3. The van der Waals surface area contributed by atoms with Crippen molar-refractivity contribution in [3.05, 3.63) is 17.4 Å². The summed E-state index contributed by atoms with van der Waals surface area (Å²) >= 11 is 0. The summed E-state index contributed by atoms with van der Waals surface area (Å²) in [4.78, 5) is 10.8. The molecule has 1 unspecified atom stereocenters. The molecule has 0 heterocycles. The third-order valence-electron chi connectivity index (χ3n) is 2.63. The molecule has 0 saturated carbocycles. The molecule has 0 bridgehead atoms. The van der Waals surface area contributed by atoms with Crippen molar-refractivity contribution in [1.82, 2.24) is 0 Å².